The molecule has 0 atom stereocenters. The predicted molar refractivity (Wildman–Crippen MR) is 55.1 cm³/mol. The Kier molecular flexibility index (Phi) is 3.64. The summed E-state index contributed by atoms with van der Waals surface area (Å²) in [5.41, 5.74) is 1.45. The van der Waals surface area contributed by atoms with Crippen LogP contribution < -0.4 is 11.0 Å². The largest absolute Gasteiger partial charge is 0.318 e. The fourth-order valence-corrected chi connectivity index (χ4v) is 1.06. The SMILES string of the molecule is C=CCc1ccc(N(N)O[N+](=O)[O-])cc1. The van der Waals surface area contributed by atoms with Crippen molar-refractivity contribution in [3.05, 3.63) is 52.6 Å². The van der Waals surface area contributed by atoms with Gasteiger partial charge in [-0.3, -0.25) is 0 Å². The van der Waals surface area contributed by atoms with E-state index in [0.29, 0.717) is 10.9 Å². The maximum Gasteiger partial charge on any atom is 0.318 e. The van der Waals surface area contributed by atoms with Crippen LogP contribution in [0.25, 0.3) is 0 Å². The third-order valence-corrected chi connectivity index (χ3v) is 1.73. The second-order valence-electron chi connectivity index (χ2n) is 2.79. The fourth-order valence-electron chi connectivity index (χ4n) is 1.06. The van der Waals surface area contributed by atoms with Gasteiger partial charge in [-0.1, -0.05) is 18.2 Å². The fraction of sp³-hybridized carbons (Fsp3) is 0.111. The average molecular weight is 209 g/mol. The van der Waals surface area contributed by atoms with E-state index in [1.807, 2.05) is 0 Å². The lowest BCUT2D eigenvalue weighted by Gasteiger charge is -2.13. The molecule has 80 valence electrons. The lowest BCUT2D eigenvalue weighted by Crippen LogP contribution is -2.33. The Balaban J connectivity index is 2.70. The lowest BCUT2D eigenvalue weighted by atomic mass is 10.1. The number of rotatable bonds is 5. The number of allylic oxidation sites excluding steroid dienone is 1. The standard InChI is InChI=1S/C9H11N3O3/c1-2-3-8-4-6-9(7-5-8)11(10)15-12(13)14/h2,4-7H,1,3,10H2. The van der Waals surface area contributed by atoms with Gasteiger partial charge >= 0.3 is 5.09 Å². The summed E-state index contributed by atoms with van der Waals surface area (Å²) in [5, 5.41) is 9.62. The molecule has 6 heteroatoms. The molecule has 0 saturated carbocycles. The Bertz CT molecular complexity index is 350. The third-order valence-electron chi connectivity index (χ3n) is 1.73. The summed E-state index contributed by atoms with van der Waals surface area (Å²) in [4.78, 5) is 14.1. The number of hydrazine groups is 1. The van der Waals surface area contributed by atoms with Crippen molar-refractivity contribution in [3.63, 3.8) is 0 Å². The molecule has 1 aromatic carbocycles. The van der Waals surface area contributed by atoms with Crippen LogP contribution in [0.4, 0.5) is 5.69 Å². The summed E-state index contributed by atoms with van der Waals surface area (Å²) >= 11 is 0. The normalized spacial score (nSPS) is 9.40. The zero-order valence-electron chi connectivity index (χ0n) is 8.00. The molecule has 0 aliphatic heterocycles. The van der Waals surface area contributed by atoms with E-state index in [1.165, 1.54) is 0 Å². The van der Waals surface area contributed by atoms with Crippen LogP contribution >= 0.6 is 0 Å². The number of nitrogens with two attached hydrogens (primary N) is 1. The van der Waals surface area contributed by atoms with Gasteiger partial charge in [0.2, 0.25) is 0 Å². The highest BCUT2D eigenvalue weighted by atomic mass is 17.0. The van der Waals surface area contributed by atoms with Gasteiger partial charge in [0.25, 0.3) is 0 Å². The van der Waals surface area contributed by atoms with E-state index in [0.717, 1.165) is 12.0 Å². The van der Waals surface area contributed by atoms with Gasteiger partial charge in [-0.15, -0.1) is 21.9 Å². The lowest BCUT2D eigenvalue weighted by molar-refractivity contribution is -0.762. The summed E-state index contributed by atoms with van der Waals surface area (Å²) in [5.74, 6) is 5.27. The van der Waals surface area contributed by atoms with Crippen LogP contribution in [0.15, 0.2) is 36.9 Å². The number of hydrogen-bond donors (Lipinski definition) is 1. The van der Waals surface area contributed by atoms with Crippen LogP contribution in [0.2, 0.25) is 0 Å². The Morgan fingerprint density at radius 1 is 1.53 bits per heavy atom. The molecule has 0 aliphatic rings. The molecule has 1 rings (SSSR count). The molecule has 15 heavy (non-hydrogen) atoms. The van der Waals surface area contributed by atoms with Crippen LogP contribution in [-0.4, -0.2) is 5.09 Å². The van der Waals surface area contributed by atoms with Gasteiger partial charge in [-0.25, -0.2) is 5.84 Å². The topological polar surface area (TPSA) is 81.6 Å². The Hall–Kier alpha value is -2.08. The molecule has 0 fully saturated rings. The molecular formula is C9H11N3O3. The molecule has 0 spiro atoms. The van der Waals surface area contributed by atoms with Crippen molar-refractivity contribution in [3.8, 4) is 0 Å². The van der Waals surface area contributed by atoms with Crippen LogP contribution in [0.1, 0.15) is 5.56 Å². The van der Waals surface area contributed by atoms with Crippen molar-refractivity contribution in [2.45, 2.75) is 6.42 Å². The van der Waals surface area contributed by atoms with Crippen molar-refractivity contribution in [1.82, 2.24) is 0 Å². The molecule has 0 amide bonds. The second-order valence-corrected chi connectivity index (χ2v) is 2.79. The first-order valence-corrected chi connectivity index (χ1v) is 4.20. The number of hydrogen-bond acceptors (Lipinski definition) is 5. The molecule has 6 nitrogen and oxygen atoms in total. The van der Waals surface area contributed by atoms with E-state index >= 15 is 0 Å². The zero-order valence-corrected chi connectivity index (χ0v) is 8.00. The minimum atomic E-state index is -0.975. The van der Waals surface area contributed by atoms with Crippen LogP contribution in [0, 0.1) is 10.1 Å². The number of anilines is 1. The van der Waals surface area contributed by atoms with E-state index in [9.17, 15) is 10.1 Å². The Labute approximate surface area is 86.6 Å². The molecule has 0 aromatic heterocycles. The molecule has 0 unspecified atom stereocenters. The van der Waals surface area contributed by atoms with E-state index in [1.54, 1.807) is 30.3 Å². The molecule has 0 bridgehead atoms. The summed E-state index contributed by atoms with van der Waals surface area (Å²) in [6.07, 6.45) is 2.50. The molecule has 0 aliphatic carbocycles. The quantitative estimate of drug-likeness (QED) is 0.341. The smallest absolute Gasteiger partial charge is 0.223 e. The predicted octanol–water partition coefficient (Wildman–Crippen LogP) is 1.22. The minimum absolute atomic E-state index is 0.402. The first kappa shape index (κ1) is 11.0. The first-order valence-electron chi connectivity index (χ1n) is 4.20. The van der Waals surface area contributed by atoms with Crippen LogP contribution in [-0.2, 0) is 11.4 Å². The van der Waals surface area contributed by atoms with Gasteiger partial charge in [0, 0.05) is 0 Å². The molecule has 0 radical (unpaired) electrons. The molecule has 1 aromatic rings. The summed E-state index contributed by atoms with van der Waals surface area (Å²) < 4.78 is 0. The Morgan fingerprint density at radius 2 is 2.13 bits per heavy atom. The average Bonchev–Trinajstić information content (AvgIpc) is 2.18. The summed E-state index contributed by atoms with van der Waals surface area (Å²) in [6.45, 7) is 3.60. The van der Waals surface area contributed by atoms with Crippen molar-refractivity contribution >= 4 is 5.69 Å². The van der Waals surface area contributed by atoms with Gasteiger partial charge in [0.05, 0.1) is 5.69 Å². The van der Waals surface area contributed by atoms with Crippen molar-refractivity contribution in [2.75, 3.05) is 5.17 Å². The second kappa shape index (κ2) is 4.97. The van der Waals surface area contributed by atoms with Gasteiger partial charge in [-0.2, -0.15) is 4.94 Å². The van der Waals surface area contributed by atoms with Crippen molar-refractivity contribution in [2.24, 2.45) is 5.84 Å². The molecule has 0 saturated heterocycles. The van der Waals surface area contributed by atoms with Crippen molar-refractivity contribution in [1.29, 1.82) is 0 Å². The van der Waals surface area contributed by atoms with E-state index in [2.05, 4.69) is 11.5 Å². The van der Waals surface area contributed by atoms with E-state index in [-0.39, 0.29) is 0 Å². The van der Waals surface area contributed by atoms with E-state index in [4.69, 9.17) is 5.84 Å². The van der Waals surface area contributed by atoms with Gasteiger partial charge in [-0.05, 0) is 24.1 Å². The van der Waals surface area contributed by atoms with Crippen molar-refractivity contribution < 1.29 is 10.0 Å². The van der Waals surface area contributed by atoms with E-state index < -0.39 is 5.09 Å². The number of benzene rings is 1. The van der Waals surface area contributed by atoms with Gasteiger partial charge < -0.3 is 0 Å². The molecular weight excluding hydrogens is 198 g/mol. The zero-order chi connectivity index (χ0) is 11.3. The maximum atomic E-state index is 10.0. The third kappa shape index (κ3) is 3.28. The minimum Gasteiger partial charge on any atom is -0.223 e. The summed E-state index contributed by atoms with van der Waals surface area (Å²) in [6, 6.07) is 6.84. The Morgan fingerprint density at radius 3 is 2.60 bits per heavy atom. The van der Waals surface area contributed by atoms with Gasteiger partial charge in [0.15, 0.2) is 0 Å². The van der Waals surface area contributed by atoms with Crippen LogP contribution in [0.5, 0.6) is 0 Å². The van der Waals surface area contributed by atoms with Crippen LogP contribution in [0.3, 0.4) is 0 Å². The summed E-state index contributed by atoms with van der Waals surface area (Å²) in [7, 11) is 0. The molecule has 0 heterocycles. The highest BCUT2D eigenvalue weighted by Crippen LogP contribution is 2.13. The monoisotopic (exact) mass is 209 g/mol. The highest BCUT2D eigenvalue weighted by molar-refractivity contribution is 5.44. The van der Waals surface area contributed by atoms with Gasteiger partial charge in [0.1, 0.15) is 0 Å². The maximum absolute atomic E-state index is 10.0. The first-order chi connectivity index (χ1) is 7.13. The highest BCUT2D eigenvalue weighted by Gasteiger charge is 2.05. The number of nitrogens with zero attached hydrogens (tertiary/aromatic N) is 2. The molecule has 2 N–H and O–H groups in total.